The molecular formula is C27H29N3O7. The summed E-state index contributed by atoms with van der Waals surface area (Å²) in [4.78, 5) is 39.5. The lowest BCUT2D eigenvalue weighted by Gasteiger charge is -2.35. The highest BCUT2D eigenvalue weighted by Gasteiger charge is 2.39. The third kappa shape index (κ3) is 5.42. The number of allylic oxidation sites excluding steroid dienone is 2. The monoisotopic (exact) mass is 507 g/mol. The van der Waals surface area contributed by atoms with Gasteiger partial charge in [-0.3, -0.25) is 10.1 Å². The Balaban J connectivity index is 1.65. The van der Waals surface area contributed by atoms with Gasteiger partial charge >= 0.3 is 11.9 Å². The Morgan fingerprint density at radius 2 is 1.76 bits per heavy atom. The van der Waals surface area contributed by atoms with E-state index in [0.717, 1.165) is 18.7 Å². The lowest BCUT2D eigenvalue weighted by Crippen LogP contribution is -2.41. The second kappa shape index (κ2) is 10.7. The number of methoxy groups -OCH3 is 1. The van der Waals surface area contributed by atoms with Crippen LogP contribution in [0.15, 0.2) is 71.1 Å². The van der Waals surface area contributed by atoms with Crippen LogP contribution in [0.25, 0.3) is 0 Å². The Kier molecular flexibility index (Phi) is 7.47. The number of dihydropyridines is 1. The zero-order chi connectivity index (χ0) is 26.7. The van der Waals surface area contributed by atoms with E-state index in [1.165, 1.54) is 25.3 Å². The summed E-state index contributed by atoms with van der Waals surface area (Å²) in [6.07, 6.45) is 1.06. The molecule has 2 aromatic carbocycles. The third-order valence-electron chi connectivity index (χ3n) is 6.67. The summed E-state index contributed by atoms with van der Waals surface area (Å²) in [6.45, 7) is 4.66. The first-order valence-corrected chi connectivity index (χ1v) is 12.0. The maximum Gasteiger partial charge on any atom is 0.337 e. The number of ether oxygens (including phenoxy) is 2. The molecule has 0 aliphatic carbocycles. The maximum atomic E-state index is 13.7. The van der Waals surface area contributed by atoms with Gasteiger partial charge in [0.25, 0.3) is 5.69 Å². The minimum atomic E-state index is -0.905. The summed E-state index contributed by atoms with van der Waals surface area (Å²) in [5.41, 5.74) is 2.56. The largest absolute Gasteiger partial charge is 0.508 e. The molecule has 0 bridgehead atoms. The van der Waals surface area contributed by atoms with E-state index in [1.807, 2.05) is 12.1 Å². The van der Waals surface area contributed by atoms with Crippen LogP contribution in [0, 0.1) is 10.1 Å². The fraction of sp³-hybridized carbons (Fsp3) is 0.333. The van der Waals surface area contributed by atoms with E-state index in [-0.39, 0.29) is 22.6 Å². The molecule has 0 radical (unpaired) electrons. The van der Waals surface area contributed by atoms with Crippen molar-refractivity contribution in [3.8, 4) is 5.75 Å². The minimum absolute atomic E-state index is 0.153. The van der Waals surface area contributed by atoms with Crippen LogP contribution in [0.4, 0.5) is 11.4 Å². The van der Waals surface area contributed by atoms with Crippen molar-refractivity contribution in [1.29, 1.82) is 0 Å². The van der Waals surface area contributed by atoms with Crippen molar-refractivity contribution in [1.82, 2.24) is 5.32 Å². The predicted octanol–water partition coefficient (Wildman–Crippen LogP) is 3.92. The fourth-order valence-electron chi connectivity index (χ4n) is 4.94. The molecule has 10 nitrogen and oxygen atoms in total. The van der Waals surface area contributed by atoms with Gasteiger partial charge in [0.1, 0.15) is 11.9 Å². The topological polar surface area (TPSA) is 131 Å². The first-order valence-electron chi connectivity index (χ1n) is 12.0. The lowest BCUT2D eigenvalue weighted by molar-refractivity contribution is -0.384. The van der Waals surface area contributed by atoms with Crippen LogP contribution in [0.2, 0.25) is 0 Å². The average Bonchev–Trinajstić information content (AvgIpc) is 2.88. The Morgan fingerprint density at radius 1 is 1.08 bits per heavy atom. The summed E-state index contributed by atoms with van der Waals surface area (Å²) in [6, 6.07) is 12.7. The van der Waals surface area contributed by atoms with Gasteiger partial charge in [0, 0.05) is 35.8 Å². The zero-order valence-corrected chi connectivity index (χ0v) is 20.9. The van der Waals surface area contributed by atoms with Crippen molar-refractivity contribution in [2.24, 2.45) is 0 Å². The molecular weight excluding hydrogens is 478 g/mol. The Labute approximate surface area is 214 Å². The normalized spacial score (nSPS) is 19.8. The second-order valence-electron chi connectivity index (χ2n) is 9.11. The van der Waals surface area contributed by atoms with Crippen molar-refractivity contribution in [2.75, 3.05) is 25.1 Å². The van der Waals surface area contributed by atoms with Crippen molar-refractivity contribution in [3.63, 3.8) is 0 Å². The standard InChI is InChI=1S/C27H29N3O7/c1-16-23(26(32)36-3)25(18-6-4-7-20(14-18)30(34)35)24(17(2)28-16)27(33)37-22-8-5-13-29(15-22)19-9-11-21(31)12-10-19/h4,6-7,9-12,14,22,25,28,31H,5,8,13,15H2,1-3H3. The van der Waals surface area contributed by atoms with Gasteiger partial charge in [0.2, 0.25) is 0 Å². The molecule has 194 valence electrons. The fourth-order valence-corrected chi connectivity index (χ4v) is 4.94. The quantitative estimate of drug-likeness (QED) is 0.339. The first-order chi connectivity index (χ1) is 17.7. The molecule has 0 amide bonds. The van der Waals surface area contributed by atoms with Crippen molar-refractivity contribution >= 4 is 23.3 Å². The van der Waals surface area contributed by atoms with Gasteiger partial charge in [-0.05, 0) is 56.5 Å². The third-order valence-corrected chi connectivity index (χ3v) is 6.67. The van der Waals surface area contributed by atoms with E-state index in [4.69, 9.17) is 9.47 Å². The predicted molar refractivity (Wildman–Crippen MR) is 136 cm³/mol. The molecule has 2 heterocycles. The number of nitrogens with zero attached hydrogens (tertiary/aromatic N) is 2. The van der Waals surface area contributed by atoms with Gasteiger partial charge in [-0.2, -0.15) is 0 Å². The van der Waals surface area contributed by atoms with Gasteiger partial charge in [0.15, 0.2) is 0 Å². The van der Waals surface area contributed by atoms with Gasteiger partial charge in [-0.1, -0.05) is 12.1 Å². The average molecular weight is 508 g/mol. The minimum Gasteiger partial charge on any atom is -0.508 e. The molecule has 1 saturated heterocycles. The van der Waals surface area contributed by atoms with Crippen LogP contribution in [-0.4, -0.2) is 48.3 Å². The molecule has 4 rings (SSSR count). The molecule has 0 aromatic heterocycles. The number of esters is 2. The Hall–Kier alpha value is -4.34. The van der Waals surface area contributed by atoms with Crippen LogP contribution < -0.4 is 10.2 Å². The number of carbonyl (C=O) groups is 2. The van der Waals surface area contributed by atoms with Gasteiger partial charge < -0.3 is 24.8 Å². The number of rotatable bonds is 6. The molecule has 2 atom stereocenters. The number of nitro benzene ring substituents is 1. The lowest BCUT2D eigenvalue weighted by atomic mass is 9.80. The van der Waals surface area contributed by atoms with Crippen LogP contribution in [0.5, 0.6) is 5.75 Å². The second-order valence-corrected chi connectivity index (χ2v) is 9.11. The summed E-state index contributed by atoms with van der Waals surface area (Å²) < 4.78 is 11.0. The van der Waals surface area contributed by atoms with Crippen LogP contribution >= 0.6 is 0 Å². The summed E-state index contributed by atoms with van der Waals surface area (Å²) in [5.74, 6) is -1.98. The Bertz CT molecular complexity index is 1280. The first kappa shape index (κ1) is 25.7. The number of non-ortho nitro benzene ring substituents is 1. The molecule has 2 aromatic rings. The highest BCUT2D eigenvalue weighted by atomic mass is 16.6. The van der Waals surface area contributed by atoms with Crippen molar-refractivity contribution in [3.05, 3.63) is 86.7 Å². The smallest absolute Gasteiger partial charge is 0.337 e. The molecule has 2 unspecified atom stereocenters. The molecule has 0 spiro atoms. The van der Waals surface area contributed by atoms with Gasteiger partial charge in [-0.25, -0.2) is 9.59 Å². The number of hydrogen-bond acceptors (Lipinski definition) is 9. The Morgan fingerprint density at radius 3 is 2.41 bits per heavy atom. The number of aromatic hydroxyl groups is 1. The van der Waals surface area contributed by atoms with E-state index in [0.29, 0.717) is 29.9 Å². The van der Waals surface area contributed by atoms with Crippen molar-refractivity contribution in [2.45, 2.75) is 38.7 Å². The molecule has 1 fully saturated rings. The number of benzene rings is 2. The summed E-state index contributed by atoms with van der Waals surface area (Å²) in [7, 11) is 1.25. The molecule has 0 saturated carbocycles. The maximum absolute atomic E-state index is 13.7. The van der Waals surface area contributed by atoms with Crippen molar-refractivity contribution < 1.29 is 29.1 Å². The number of piperidine rings is 1. The number of phenolic OH excluding ortho intramolecular Hbond substituents is 1. The van der Waals surface area contributed by atoms with E-state index in [2.05, 4.69) is 10.2 Å². The number of carbonyl (C=O) groups excluding carboxylic acids is 2. The zero-order valence-electron chi connectivity index (χ0n) is 20.9. The number of nitro groups is 1. The number of phenols is 1. The molecule has 2 N–H and O–H groups in total. The highest BCUT2D eigenvalue weighted by molar-refractivity contribution is 6.00. The summed E-state index contributed by atoms with van der Waals surface area (Å²) in [5, 5.41) is 24.1. The van der Waals surface area contributed by atoms with E-state index < -0.39 is 28.9 Å². The van der Waals surface area contributed by atoms with Crippen LogP contribution in [0.1, 0.15) is 38.2 Å². The number of hydrogen-bond donors (Lipinski definition) is 2. The molecule has 10 heteroatoms. The summed E-state index contributed by atoms with van der Waals surface area (Å²) >= 11 is 0. The van der Waals surface area contributed by atoms with Gasteiger partial charge in [-0.15, -0.1) is 0 Å². The highest BCUT2D eigenvalue weighted by Crippen LogP contribution is 2.40. The van der Waals surface area contributed by atoms with E-state index >= 15 is 0 Å². The van der Waals surface area contributed by atoms with E-state index in [9.17, 15) is 24.8 Å². The van der Waals surface area contributed by atoms with Crippen LogP contribution in [0.3, 0.4) is 0 Å². The molecule has 37 heavy (non-hydrogen) atoms. The van der Waals surface area contributed by atoms with Gasteiger partial charge in [0.05, 0.1) is 35.6 Å². The van der Waals surface area contributed by atoms with E-state index in [1.54, 1.807) is 32.0 Å². The molecule has 2 aliphatic heterocycles. The number of anilines is 1. The molecule has 2 aliphatic rings. The number of nitrogens with one attached hydrogen (secondary N) is 1. The van der Waals surface area contributed by atoms with Crippen LogP contribution in [-0.2, 0) is 19.1 Å². The SMILES string of the molecule is COC(=O)C1=C(C)NC(C)=C(C(=O)OC2CCCN(c3ccc(O)cc3)C2)C1c1cccc([N+](=O)[O-])c1.